The molecule has 0 fully saturated rings. The molecule has 0 saturated carbocycles. The monoisotopic (exact) mass is 310 g/mol. The number of anilines is 1. The van der Waals surface area contributed by atoms with Gasteiger partial charge in [0.15, 0.2) is 0 Å². The SMILES string of the molecule is [B]CCCN1CCCc2cc3c(CCNC)cc(=O)oc3cc21. The van der Waals surface area contributed by atoms with Crippen LogP contribution in [-0.4, -0.2) is 34.5 Å². The zero-order chi connectivity index (χ0) is 16.2. The highest BCUT2D eigenvalue weighted by Crippen LogP contribution is 2.32. The Kier molecular flexibility index (Phi) is 5.06. The molecule has 1 aliphatic rings. The van der Waals surface area contributed by atoms with Crippen LogP contribution in [0.2, 0.25) is 6.32 Å². The molecule has 1 aromatic carbocycles. The number of fused-ring (bicyclic) bond motifs is 2. The first-order valence-corrected chi connectivity index (χ1v) is 8.42. The second kappa shape index (κ2) is 7.22. The minimum Gasteiger partial charge on any atom is -0.423 e. The highest BCUT2D eigenvalue weighted by Gasteiger charge is 2.19. The minimum atomic E-state index is -0.270. The van der Waals surface area contributed by atoms with E-state index in [4.69, 9.17) is 12.3 Å². The first kappa shape index (κ1) is 16.1. The zero-order valence-electron chi connectivity index (χ0n) is 13.7. The molecule has 0 unspecified atom stereocenters. The van der Waals surface area contributed by atoms with Crippen LogP contribution in [0.5, 0.6) is 0 Å². The maximum Gasteiger partial charge on any atom is 0.336 e. The molecule has 2 heterocycles. The fourth-order valence-electron chi connectivity index (χ4n) is 3.36. The number of benzene rings is 1. The van der Waals surface area contributed by atoms with Gasteiger partial charge in [-0.1, -0.05) is 6.32 Å². The average Bonchev–Trinajstić information content (AvgIpc) is 2.56. The summed E-state index contributed by atoms with van der Waals surface area (Å²) < 4.78 is 5.47. The maximum absolute atomic E-state index is 11.9. The first-order chi connectivity index (χ1) is 11.2. The molecule has 2 aromatic rings. The lowest BCUT2D eigenvalue weighted by Crippen LogP contribution is -2.30. The van der Waals surface area contributed by atoms with E-state index in [0.717, 1.165) is 56.3 Å². The highest BCUT2D eigenvalue weighted by atomic mass is 16.4. The van der Waals surface area contributed by atoms with Crippen molar-refractivity contribution in [1.29, 1.82) is 0 Å². The topological polar surface area (TPSA) is 45.5 Å². The van der Waals surface area contributed by atoms with Crippen molar-refractivity contribution in [1.82, 2.24) is 5.32 Å². The second-order valence-electron chi connectivity index (χ2n) is 6.15. The highest BCUT2D eigenvalue weighted by molar-refractivity contribution is 6.08. The molecular weight excluding hydrogens is 287 g/mol. The predicted molar refractivity (Wildman–Crippen MR) is 95.8 cm³/mol. The largest absolute Gasteiger partial charge is 0.423 e. The normalized spacial score (nSPS) is 14.2. The Morgan fingerprint density at radius 2 is 2.22 bits per heavy atom. The lowest BCUT2D eigenvalue weighted by molar-refractivity contribution is 0.557. The van der Waals surface area contributed by atoms with E-state index < -0.39 is 0 Å². The number of hydrogen-bond donors (Lipinski definition) is 1. The summed E-state index contributed by atoms with van der Waals surface area (Å²) in [4.78, 5) is 14.2. The lowest BCUT2D eigenvalue weighted by atomic mass is 9.96. The third-order valence-electron chi connectivity index (χ3n) is 4.52. The number of aryl methyl sites for hydroxylation is 1. The first-order valence-electron chi connectivity index (χ1n) is 8.42. The van der Waals surface area contributed by atoms with Crippen LogP contribution in [-0.2, 0) is 12.8 Å². The maximum atomic E-state index is 11.9. The summed E-state index contributed by atoms with van der Waals surface area (Å²) in [7, 11) is 7.57. The number of hydrogen-bond acceptors (Lipinski definition) is 4. The van der Waals surface area contributed by atoms with Crippen molar-refractivity contribution in [3.05, 3.63) is 39.7 Å². The fraction of sp³-hybridized carbons (Fsp3) is 0.500. The van der Waals surface area contributed by atoms with Gasteiger partial charge < -0.3 is 14.6 Å². The number of nitrogens with zero attached hydrogens (tertiary/aromatic N) is 1. The Bertz CT molecular complexity index is 742. The van der Waals surface area contributed by atoms with Gasteiger partial charge in [-0.3, -0.25) is 0 Å². The van der Waals surface area contributed by atoms with E-state index in [1.807, 2.05) is 13.1 Å². The van der Waals surface area contributed by atoms with Crippen LogP contribution in [0.25, 0.3) is 11.0 Å². The van der Waals surface area contributed by atoms with Gasteiger partial charge in [0, 0.05) is 36.3 Å². The van der Waals surface area contributed by atoms with Gasteiger partial charge in [0.2, 0.25) is 0 Å². The second-order valence-corrected chi connectivity index (χ2v) is 6.15. The van der Waals surface area contributed by atoms with E-state index in [1.54, 1.807) is 6.07 Å². The minimum absolute atomic E-state index is 0.270. The molecule has 2 radical (unpaired) electrons. The van der Waals surface area contributed by atoms with Crippen LogP contribution >= 0.6 is 0 Å². The molecular formula is C18H23BN2O2. The summed E-state index contributed by atoms with van der Waals surface area (Å²) in [5, 5.41) is 4.21. The number of rotatable bonds is 6. The summed E-state index contributed by atoms with van der Waals surface area (Å²) in [5.74, 6) is 0. The molecule has 1 aromatic heterocycles. The van der Waals surface area contributed by atoms with E-state index in [0.29, 0.717) is 11.9 Å². The van der Waals surface area contributed by atoms with Gasteiger partial charge in [-0.2, -0.15) is 0 Å². The lowest BCUT2D eigenvalue weighted by Gasteiger charge is -2.31. The Morgan fingerprint density at radius 1 is 1.35 bits per heavy atom. The van der Waals surface area contributed by atoms with Crippen LogP contribution in [0.4, 0.5) is 5.69 Å². The van der Waals surface area contributed by atoms with Gasteiger partial charge >= 0.3 is 5.63 Å². The Hall–Kier alpha value is -1.75. The van der Waals surface area contributed by atoms with Crippen molar-refractivity contribution in [3.8, 4) is 0 Å². The summed E-state index contributed by atoms with van der Waals surface area (Å²) in [6.45, 7) is 2.85. The van der Waals surface area contributed by atoms with E-state index in [-0.39, 0.29) is 5.63 Å². The molecule has 4 nitrogen and oxygen atoms in total. The molecule has 0 aliphatic carbocycles. The Labute approximate surface area is 138 Å². The van der Waals surface area contributed by atoms with E-state index in [9.17, 15) is 4.79 Å². The van der Waals surface area contributed by atoms with Crippen LogP contribution in [0.3, 0.4) is 0 Å². The molecule has 0 atom stereocenters. The van der Waals surface area contributed by atoms with E-state index >= 15 is 0 Å². The smallest absolute Gasteiger partial charge is 0.336 e. The van der Waals surface area contributed by atoms with Gasteiger partial charge in [-0.25, -0.2) is 4.79 Å². The molecule has 1 N–H and O–H groups in total. The standard InChI is InChI=1S/C18H23BN2O2/c1-20-7-5-13-11-18(22)23-17-12-16-14(10-15(13)17)4-2-8-21(16)9-3-6-19/h10-12,20H,2-9H2,1H3. The van der Waals surface area contributed by atoms with E-state index in [2.05, 4.69) is 16.3 Å². The molecule has 120 valence electrons. The molecule has 1 aliphatic heterocycles. The third-order valence-corrected chi connectivity index (χ3v) is 4.52. The van der Waals surface area contributed by atoms with Gasteiger partial charge in [0.25, 0.3) is 0 Å². The average molecular weight is 310 g/mol. The summed E-state index contributed by atoms with van der Waals surface area (Å²) in [6.07, 6.45) is 4.74. The summed E-state index contributed by atoms with van der Waals surface area (Å²) in [5.41, 5.74) is 4.04. The predicted octanol–water partition coefficient (Wildman–Crippen LogP) is 2.28. The van der Waals surface area contributed by atoms with Crippen LogP contribution in [0.1, 0.15) is 24.0 Å². The number of nitrogens with one attached hydrogen (secondary N) is 1. The molecule has 23 heavy (non-hydrogen) atoms. The molecule has 0 saturated heterocycles. The van der Waals surface area contributed by atoms with Gasteiger partial charge in [-0.05, 0) is 56.5 Å². The van der Waals surface area contributed by atoms with Gasteiger partial charge in [-0.15, -0.1) is 0 Å². The zero-order valence-corrected chi connectivity index (χ0v) is 13.7. The Balaban J connectivity index is 2.06. The van der Waals surface area contributed by atoms with Gasteiger partial charge in [0.1, 0.15) is 5.58 Å². The summed E-state index contributed by atoms with van der Waals surface area (Å²) in [6, 6.07) is 5.89. The number of likely N-dealkylation sites (N-methyl/N-ethyl adjacent to an activating group) is 1. The molecule has 0 spiro atoms. The van der Waals surface area contributed by atoms with Crippen molar-refractivity contribution in [2.45, 2.75) is 32.0 Å². The molecule has 0 amide bonds. The van der Waals surface area contributed by atoms with Crippen molar-refractivity contribution < 1.29 is 4.42 Å². The van der Waals surface area contributed by atoms with Gasteiger partial charge in [0.05, 0.1) is 7.85 Å². The third kappa shape index (κ3) is 3.45. The van der Waals surface area contributed by atoms with Crippen LogP contribution < -0.4 is 15.8 Å². The van der Waals surface area contributed by atoms with Crippen molar-refractivity contribution in [2.75, 3.05) is 31.6 Å². The molecule has 5 heteroatoms. The Morgan fingerprint density at radius 3 is 3.00 bits per heavy atom. The molecule has 0 bridgehead atoms. The van der Waals surface area contributed by atoms with Crippen LogP contribution in [0.15, 0.2) is 27.4 Å². The molecule has 3 rings (SSSR count). The fourth-order valence-corrected chi connectivity index (χ4v) is 3.36. The van der Waals surface area contributed by atoms with Crippen molar-refractivity contribution >= 4 is 24.5 Å². The van der Waals surface area contributed by atoms with Crippen molar-refractivity contribution in [2.24, 2.45) is 0 Å². The van der Waals surface area contributed by atoms with Crippen LogP contribution in [0, 0.1) is 0 Å². The van der Waals surface area contributed by atoms with Crippen molar-refractivity contribution in [3.63, 3.8) is 0 Å². The van der Waals surface area contributed by atoms with E-state index in [1.165, 1.54) is 11.3 Å². The summed E-state index contributed by atoms with van der Waals surface area (Å²) >= 11 is 0. The quantitative estimate of drug-likeness (QED) is 0.657.